The van der Waals surface area contributed by atoms with Crippen LogP contribution >= 0.6 is 0 Å². The number of nitrogens with one attached hydrogen (secondary N) is 2. The first-order valence-electron chi connectivity index (χ1n) is 5.86. The average Bonchev–Trinajstić information content (AvgIpc) is 2.46. The smallest absolute Gasteiger partial charge is 0.251 e. The van der Waals surface area contributed by atoms with Crippen LogP contribution in [0.2, 0.25) is 0 Å². The zero-order valence-corrected chi connectivity index (χ0v) is 11.0. The van der Waals surface area contributed by atoms with Crippen molar-refractivity contribution >= 4 is 18.4 Å². The summed E-state index contributed by atoms with van der Waals surface area (Å²) in [6.45, 7) is 0. The molecule has 0 aliphatic heterocycles. The van der Waals surface area contributed by atoms with E-state index in [1.807, 2.05) is 12.1 Å². The SMILES string of the molecule is CN/N=C\C=C(/C=O)Cc1ccc(C(=O)NC)cc1. The molecule has 0 spiro atoms. The molecule has 0 aliphatic rings. The van der Waals surface area contributed by atoms with E-state index in [0.29, 0.717) is 17.6 Å². The Bertz CT molecular complexity index is 490. The molecule has 0 saturated carbocycles. The third-order valence-corrected chi connectivity index (χ3v) is 2.50. The lowest BCUT2D eigenvalue weighted by atomic mass is 10.0. The minimum Gasteiger partial charge on any atom is -0.355 e. The first kappa shape index (κ1) is 14.6. The Labute approximate surface area is 112 Å². The van der Waals surface area contributed by atoms with E-state index in [9.17, 15) is 9.59 Å². The molecule has 1 aromatic carbocycles. The number of rotatable bonds is 6. The number of amides is 1. The Morgan fingerprint density at radius 2 is 1.95 bits per heavy atom. The van der Waals surface area contributed by atoms with Crippen LogP contribution in [-0.2, 0) is 11.2 Å². The Hall–Kier alpha value is -2.43. The number of carbonyl (C=O) groups is 2. The summed E-state index contributed by atoms with van der Waals surface area (Å²) in [7, 11) is 3.27. The van der Waals surface area contributed by atoms with E-state index in [1.165, 1.54) is 6.21 Å². The first-order chi connectivity index (χ1) is 9.21. The van der Waals surface area contributed by atoms with Gasteiger partial charge in [-0.1, -0.05) is 12.1 Å². The van der Waals surface area contributed by atoms with Gasteiger partial charge in [0.25, 0.3) is 5.91 Å². The topological polar surface area (TPSA) is 70.6 Å². The van der Waals surface area contributed by atoms with Gasteiger partial charge in [-0.15, -0.1) is 0 Å². The van der Waals surface area contributed by atoms with Crippen LogP contribution in [0.25, 0.3) is 0 Å². The molecule has 1 amide bonds. The normalized spacial score (nSPS) is 11.4. The monoisotopic (exact) mass is 259 g/mol. The van der Waals surface area contributed by atoms with Crippen LogP contribution in [0.5, 0.6) is 0 Å². The van der Waals surface area contributed by atoms with Crippen LogP contribution in [0.1, 0.15) is 15.9 Å². The molecule has 5 heteroatoms. The van der Waals surface area contributed by atoms with Gasteiger partial charge >= 0.3 is 0 Å². The predicted molar refractivity (Wildman–Crippen MR) is 75.2 cm³/mol. The van der Waals surface area contributed by atoms with E-state index in [1.54, 1.807) is 32.3 Å². The van der Waals surface area contributed by atoms with Gasteiger partial charge in [0.15, 0.2) is 0 Å². The third kappa shape index (κ3) is 4.75. The van der Waals surface area contributed by atoms with E-state index < -0.39 is 0 Å². The van der Waals surface area contributed by atoms with Crippen molar-refractivity contribution in [3.05, 3.63) is 47.0 Å². The maximum absolute atomic E-state index is 11.4. The van der Waals surface area contributed by atoms with Crippen LogP contribution in [0.4, 0.5) is 0 Å². The van der Waals surface area contributed by atoms with Gasteiger partial charge in [0.05, 0.1) is 0 Å². The third-order valence-electron chi connectivity index (χ3n) is 2.50. The van der Waals surface area contributed by atoms with Gasteiger partial charge < -0.3 is 10.7 Å². The lowest BCUT2D eigenvalue weighted by Gasteiger charge is -2.03. The second kappa shape index (κ2) is 7.81. The number of hydrazone groups is 1. The van der Waals surface area contributed by atoms with Crippen molar-refractivity contribution in [2.45, 2.75) is 6.42 Å². The molecule has 5 nitrogen and oxygen atoms in total. The number of benzene rings is 1. The van der Waals surface area contributed by atoms with Gasteiger partial charge in [0.1, 0.15) is 6.29 Å². The van der Waals surface area contributed by atoms with Gasteiger partial charge in [0, 0.05) is 32.3 Å². The highest BCUT2D eigenvalue weighted by molar-refractivity contribution is 5.94. The Morgan fingerprint density at radius 3 is 2.47 bits per heavy atom. The quantitative estimate of drug-likeness (QED) is 0.345. The van der Waals surface area contributed by atoms with E-state index in [4.69, 9.17) is 0 Å². The van der Waals surface area contributed by atoms with Crippen molar-refractivity contribution in [3.8, 4) is 0 Å². The zero-order chi connectivity index (χ0) is 14.1. The van der Waals surface area contributed by atoms with Gasteiger partial charge in [-0.25, -0.2) is 0 Å². The van der Waals surface area contributed by atoms with E-state index in [2.05, 4.69) is 15.8 Å². The largest absolute Gasteiger partial charge is 0.355 e. The van der Waals surface area contributed by atoms with Gasteiger partial charge in [-0.3, -0.25) is 9.59 Å². The molecule has 0 bridgehead atoms. The van der Waals surface area contributed by atoms with Crippen molar-refractivity contribution in [1.82, 2.24) is 10.7 Å². The summed E-state index contributed by atoms with van der Waals surface area (Å²) < 4.78 is 0. The fraction of sp³-hybridized carbons (Fsp3) is 0.214. The summed E-state index contributed by atoms with van der Waals surface area (Å²) in [5, 5.41) is 6.34. The number of hydrogen-bond donors (Lipinski definition) is 2. The highest BCUT2D eigenvalue weighted by Gasteiger charge is 2.03. The summed E-state index contributed by atoms with van der Waals surface area (Å²) in [6.07, 6.45) is 4.49. The molecule has 0 fully saturated rings. The summed E-state index contributed by atoms with van der Waals surface area (Å²) in [5.41, 5.74) is 4.78. The van der Waals surface area contributed by atoms with Crippen LogP contribution in [-0.4, -0.2) is 32.5 Å². The minimum atomic E-state index is -0.126. The van der Waals surface area contributed by atoms with E-state index in [0.717, 1.165) is 11.8 Å². The standard InChI is InChI=1S/C14H17N3O2/c1-15-14(19)13-5-3-11(4-6-13)9-12(10-18)7-8-17-16-2/h3-8,10,16H,9H2,1-2H3,(H,15,19)/b12-7-,17-8-. The molecule has 1 rings (SSSR count). The molecule has 1 aromatic rings. The van der Waals surface area contributed by atoms with Gasteiger partial charge in [-0.05, 0) is 29.3 Å². The van der Waals surface area contributed by atoms with Crippen molar-refractivity contribution in [1.29, 1.82) is 0 Å². The maximum atomic E-state index is 11.4. The molecule has 0 atom stereocenters. The van der Waals surface area contributed by atoms with Crippen LogP contribution in [0.15, 0.2) is 41.0 Å². The lowest BCUT2D eigenvalue weighted by molar-refractivity contribution is -0.105. The lowest BCUT2D eigenvalue weighted by Crippen LogP contribution is -2.17. The van der Waals surface area contributed by atoms with Crippen molar-refractivity contribution < 1.29 is 9.59 Å². The summed E-state index contributed by atoms with van der Waals surface area (Å²) >= 11 is 0. The highest BCUT2D eigenvalue weighted by Crippen LogP contribution is 2.08. The van der Waals surface area contributed by atoms with Crippen LogP contribution < -0.4 is 10.7 Å². The number of hydrogen-bond acceptors (Lipinski definition) is 4. The van der Waals surface area contributed by atoms with E-state index >= 15 is 0 Å². The molecule has 0 saturated heterocycles. The molecular weight excluding hydrogens is 242 g/mol. The van der Waals surface area contributed by atoms with Crippen molar-refractivity contribution in [3.63, 3.8) is 0 Å². The highest BCUT2D eigenvalue weighted by atomic mass is 16.1. The molecular formula is C14H17N3O2. The number of carbonyl (C=O) groups excluding carboxylic acids is 2. The Morgan fingerprint density at radius 1 is 1.26 bits per heavy atom. The molecule has 0 aromatic heterocycles. The predicted octanol–water partition coefficient (Wildman–Crippen LogP) is 0.919. The van der Waals surface area contributed by atoms with Gasteiger partial charge in [-0.2, -0.15) is 5.10 Å². The number of nitrogens with zero attached hydrogens (tertiary/aromatic N) is 1. The maximum Gasteiger partial charge on any atom is 0.251 e. The molecule has 100 valence electrons. The van der Waals surface area contributed by atoms with Crippen LogP contribution in [0, 0.1) is 0 Å². The Kier molecular flexibility index (Phi) is 6.02. The zero-order valence-electron chi connectivity index (χ0n) is 11.0. The van der Waals surface area contributed by atoms with Crippen molar-refractivity contribution in [2.75, 3.05) is 14.1 Å². The minimum absolute atomic E-state index is 0.126. The number of allylic oxidation sites excluding steroid dienone is 2. The number of aldehydes is 1. The molecule has 0 aliphatic carbocycles. The molecule has 2 N–H and O–H groups in total. The molecule has 0 heterocycles. The molecule has 0 unspecified atom stereocenters. The first-order valence-corrected chi connectivity index (χ1v) is 5.86. The fourth-order valence-electron chi connectivity index (χ4n) is 1.50. The molecule has 19 heavy (non-hydrogen) atoms. The average molecular weight is 259 g/mol. The van der Waals surface area contributed by atoms with Crippen LogP contribution in [0.3, 0.4) is 0 Å². The summed E-state index contributed by atoms with van der Waals surface area (Å²) in [4.78, 5) is 22.3. The molecule has 0 radical (unpaired) electrons. The summed E-state index contributed by atoms with van der Waals surface area (Å²) in [6, 6.07) is 7.13. The van der Waals surface area contributed by atoms with E-state index in [-0.39, 0.29) is 5.91 Å². The fourth-order valence-corrected chi connectivity index (χ4v) is 1.50. The van der Waals surface area contributed by atoms with Gasteiger partial charge in [0.2, 0.25) is 0 Å². The second-order valence-electron chi connectivity index (χ2n) is 3.81. The second-order valence-corrected chi connectivity index (χ2v) is 3.81. The Balaban J connectivity index is 2.76. The van der Waals surface area contributed by atoms with Crippen molar-refractivity contribution in [2.24, 2.45) is 5.10 Å². The summed E-state index contributed by atoms with van der Waals surface area (Å²) in [5.74, 6) is -0.126.